The molecule has 1 aliphatic rings. The van der Waals surface area contributed by atoms with Crippen molar-refractivity contribution >= 4 is 29.1 Å². The van der Waals surface area contributed by atoms with Gasteiger partial charge in [0.1, 0.15) is 17.3 Å². The number of hydrogen-bond donors (Lipinski definition) is 1. The Kier molecular flexibility index (Phi) is 8.58. The zero-order valence-corrected chi connectivity index (χ0v) is 20.6. The van der Waals surface area contributed by atoms with Crippen LogP contribution in [0.2, 0.25) is 5.02 Å². The molecule has 1 saturated heterocycles. The molecule has 2 aromatic carbocycles. The van der Waals surface area contributed by atoms with Gasteiger partial charge in [0, 0.05) is 12.1 Å². The fourth-order valence-corrected chi connectivity index (χ4v) is 4.00. The van der Waals surface area contributed by atoms with Crippen LogP contribution in [-0.2, 0) is 14.3 Å². The van der Waals surface area contributed by atoms with E-state index < -0.39 is 17.7 Å². The van der Waals surface area contributed by atoms with Crippen molar-refractivity contribution in [3.63, 3.8) is 0 Å². The van der Waals surface area contributed by atoms with Gasteiger partial charge in [0.05, 0.1) is 42.6 Å². The minimum Gasteiger partial charge on any atom is -0.507 e. The van der Waals surface area contributed by atoms with Gasteiger partial charge < -0.3 is 24.2 Å². The van der Waals surface area contributed by atoms with Gasteiger partial charge in [0.2, 0.25) is 0 Å². The van der Waals surface area contributed by atoms with Gasteiger partial charge in [-0.3, -0.25) is 9.59 Å². The number of aliphatic hydroxyl groups is 1. The van der Waals surface area contributed by atoms with Crippen LogP contribution < -0.4 is 9.47 Å². The van der Waals surface area contributed by atoms with E-state index in [4.69, 9.17) is 25.8 Å². The molecule has 0 bridgehead atoms. The van der Waals surface area contributed by atoms with E-state index in [-0.39, 0.29) is 30.6 Å². The van der Waals surface area contributed by atoms with Gasteiger partial charge in [-0.15, -0.1) is 0 Å². The third-order valence-electron chi connectivity index (χ3n) is 5.33. The Bertz CT molecular complexity index is 1060. The highest BCUT2D eigenvalue weighted by Crippen LogP contribution is 2.40. The molecular formula is C26H30ClNO6. The molecule has 3 rings (SSSR count). The molecule has 7 nitrogen and oxygen atoms in total. The summed E-state index contributed by atoms with van der Waals surface area (Å²) in [5.74, 6) is -0.682. The first-order valence-corrected chi connectivity index (χ1v) is 11.7. The first-order valence-electron chi connectivity index (χ1n) is 11.3. The van der Waals surface area contributed by atoms with E-state index >= 15 is 0 Å². The molecule has 182 valence electrons. The normalized spacial score (nSPS) is 17.5. The van der Waals surface area contributed by atoms with E-state index in [0.717, 1.165) is 0 Å². The Morgan fingerprint density at radius 1 is 1.06 bits per heavy atom. The number of hydrogen-bond acceptors (Lipinski definition) is 6. The zero-order chi connectivity index (χ0) is 24.8. The van der Waals surface area contributed by atoms with Crippen LogP contribution in [0.5, 0.6) is 11.5 Å². The summed E-state index contributed by atoms with van der Waals surface area (Å²) in [7, 11) is 0. The summed E-state index contributed by atoms with van der Waals surface area (Å²) in [6.07, 6.45) is -0.0215. The fourth-order valence-electron chi connectivity index (χ4n) is 3.83. The molecule has 2 aromatic rings. The van der Waals surface area contributed by atoms with Gasteiger partial charge in [-0.05, 0) is 63.6 Å². The number of ketones is 1. The van der Waals surface area contributed by atoms with Crippen molar-refractivity contribution in [2.45, 2.75) is 39.8 Å². The standard InChI is InChI=1S/C26H30ClNO6/c1-5-32-19-10-7-17(8-11-19)23-22(25(30)26(31)28(23)13-14-34-16(3)4)24(29)18-9-12-20(27)21(15-18)33-6-2/h7-12,15-16,23,29H,5-6,13-14H2,1-4H3/b24-22-. The Hall–Kier alpha value is -3.03. The average molecular weight is 488 g/mol. The van der Waals surface area contributed by atoms with Crippen molar-refractivity contribution in [1.29, 1.82) is 0 Å². The van der Waals surface area contributed by atoms with Gasteiger partial charge in [-0.2, -0.15) is 0 Å². The summed E-state index contributed by atoms with van der Waals surface area (Å²) in [5, 5.41) is 11.6. The molecule has 1 atom stereocenters. The molecule has 34 heavy (non-hydrogen) atoms. The molecule has 0 radical (unpaired) electrons. The lowest BCUT2D eigenvalue weighted by Gasteiger charge is -2.26. The predicted octanol–water partition coefficient (Wildman–Crippen LogP) is 4.98. The summed E-state index contributed by atoms with van der Waals surface area (Å²) in [5.41, 5.74) is 1.01. The quantitative estimate of drug-likeness (QED) is 0.289. The van der Waals surface area contributed by atoms with Crippen molar-refractivity contribution in [3.05, 3.63) is 64.2 Å². The number of Topliss-reactive ketones (excluding diaryl/α,β-unsaturated/α-hetero) is 1. The lowest BCUT2D eigenvalue weighted by molar-refractivity contribution is -0.140. The number of likely N-dealkylation sites (tertiary alicyclic amines) is 1. The van der Waals surface area contributed by atoms with Gasteiger partial charge in [0.15, 0.2) is 0 Å². The smallest absolute Gasteiger partial charge is 0.295 e. The maximum atomic E-state index is 13.1. The van der Waals surface area contributed by atoms with E-state index in [9.17, 15) is 14.7 Å². The minimum atomic E-state index is -0.780. The number of carbonyl (C=O) groups is 2. The SMILES string of the molecule is CCOc1ccc(C2/C(=C(/O)c3ccc(Cl)c(OCC)c3)C(=O)C(=O)N2CCOC(C)C)cc1. The van der Waals surface area contributed by atoms with E-state index in [1.165, 1.54) is 4.90 Å². The molecule has 1 N–H and O–H groups in total. The van der Waals surface area contributed by atoms with E-state index in [1.807, 2.05) is 27.7 Å². The highest BCUT2D eigenvalue weighted by atomic mass is 35.5. The second-order valence-electron chi connectivity index (χ2n) is 7.99. The predicted molar refractivity (Wildman–Crippen MR) is 130 cm³/mol. The summed E-state index contributed by atoms with van der Waals surface area (Å²) in [4.78, 5) is 27.6. The number of benzene rings is 2. The number of ether oxygens (including phenoxy) is 3. The number of aliphatic hydroxyl groups excluding tert-OH is 1. The Morgan fingerprint density at radius 3 is 2.35 bits per heavy atom. The minimum absolute atomic E-state index is 0.00322. The maximum absolute atomic E-state index is 13.1. The topological polar surface area (TPSA) is 85.3 Å². The molecule has 1 aliphatic heterocycles. The lowest BCUT2D eigenvalue weighted by Crippen LogP contribution is -2.33. The van der Waals surface area contributed by atoms with Gasteiger partial charge in [-0.25, -0.2) is 0 Å². The molecule has 1 amide bonds. The van der Waals surface area contributed by atoms with Gasteiger partial charge in [0.25, 0.3) is 11.7 Å². The molecule has 0 spiro atoms. The second kappa shape index (κ2) is 11.4. The van der Waals surface area contributed by atoms with Crippen LogP contribution in [0.4, 0.5) is 0 Å². The van der Waals surface area contributed by atoms with Crippen LogP contribution in [0.3, 0.4) is 0 Å². The summed E-state index contributed by atoms with van der Waals surface area (Å²) in [6, 6.07) is 11.1. The molecule has 0 aromatic heterocycles. The first kappa shape index (κ1) is 25.6. The maximum Gasteiger partial charge on any atom is 0.295 e. The van der Waals surface area contributed by atoms with Crippen molar-refractivity contribution in [2.75, 3.05) is 26.4 Å². The third kappa shape index (κ3) is 5.54. The molecule has 0 aliphatic carbocycles. The number of amides is 1. The Morgan fingerprint density at radius 2 is 1.74 bits per heavy atom. The number of rotatable bonds is 10. The lowest BCUT2D eigenvalue weighted by atomic mass is 9.95. The largest absolute Gasteiger partial charge is 0.507 e. The Balaban J connectivity index is 2.09. The molecule has 1 fully saturated rings. The van der Waals surface area contributed by atoms with E-state index in [2.05, 4.69) is 0 Å². The summed E-state index contributed by atoms with van der Waals surface area (Å²) < 4.78 is 16.7. The van der Waals surface area contributed by atoms with Crippen LogP contribution in [-0.4, -0.2) is 54.2 Å². The molecule has 0 saturated carbocycles. The summed E-state index contributed by atoms with van der Waals surface area (Å²) in [6.45, 7) is 8.86. The highest BCUT2D eigenvalue weighted by Gasteiger charge is 2.46. The number of carbonyl (C=O) groups excluding carboxylic acids is 2. The van der Waals surface area contributed by atoms with Crippen LogP contribution in [0, 0.1) is 0 Å². The number of halogens is 1. The summed E-state index contributed by atoms with van der Waals surface area (Å²) >= 11 is 6.18. The van der Waals surface area contributed by atoms with Crippen molar-refractivity contribution in [1.82, 2.24) is 4.90 Å². The molecular weight excluding hydrogens is 458 g/mol. The third-order valence-corrected chi connectivity index (χ3v) is 5.65. The van der Waals surface area contributed by atoms with Crippen molar-refractivity contribution in [3.8, 4) is 11.5 Å². The Labute approximate surface area is 204 Å². The van der Waals surface area contributed by atoms with E-state index in [1.54, 1.807) is 42.5 Å². The van der Waals surface area contributed by atoms with Gasteiger partial charge >= 0.3 is 0 Å². The van der Waals surface area contributed by atoms with Crippen LogP contribution >= 0.6 is 11.6 Å². The molecule has 1 heterocycles. The monoisotopic (exact) mass is 487 g/mol. The van der Waals surface area contributed by atoms with Crippen LogP contribution in [0.15, 0.2) is 48.0 Å². The number of nitrogens with zero attached hydrogens (tertiary/aromatic N) is 1. The fraction of sp³-hybridized carbons (Fsp3) is 0.385. The molecule has 1 unspecified atom stereocenters. The molecule has 8 heteroatoms. The van der Waals surface area contributed by atoms with E-state index in [0.29, 0.717) is 40.9 Å². The second-order valence-corrected chi connectivity index (χ2v) is 8.40. The van der Waals surface area contributed by atoms with Crippen molar-refractivity contribution < 1.29 is 28.9 Å². The highest BCUT2D eigenvalue weighted by molar-refractivity contribution is 6.46. The van der Waals surface area contributed by atoms with Crippen LogP contribution in [0.25, 0.3) is 5.76 Å². The average Bonchev–Trinajstić information content (AvgIpc) is 3.06. The van der Waals surface area contributed by atoms with Gasteiger partial charge in [-0.1, -0.05) is 23.7 Å². The van der Waals surface area contributed by atoms with Crippen molar-refractivity contribution in [2.24, 2.45) is 0 Å². The van der Waals surface area contributed by atoms with Crippen LogP contribution in [0.1, 0.15) is 44.9 Å². The zero-order valence-electron chi connectivity index (χ0n) is 19.8. The first-order chi connectivity index (χ1) is 16.3.